The van der Waals surface area contributed by atoms with Crippen LogP contribution < -0.4 is 0 Å². The van der Waals surface area contributed by atoms with Crippen LogP contribution in [0.3, 0.4) is 0 Å². The van der Waals surface area contributed by atoms with Crippen LogP contribution in [0.5, 0.6) is 0 Å². The fraction of sp³-hybridized carbons (Fsp3) is 0.667. The Bertz CT molecular complexity index is 160. The van der Waals surface area contributed by atoms with Crippen molar-refractivity contribution in [3.05, 3.63) is 0 Å². The monoisotopic (exact) mass is 127 g/mol. The summed E-state index contributed by atoms with van der Waals surface area (Å²) in [5.41, 5.74) is 0.323. The average molecular weight is 127 g/mol. The van der Waals surface area contributed by atoms with E-state index in [0.717, 1.165) is 6.29 Å². The molecule has 0 N–H and O–H groups in total. The summed E-state index contributed by atoms with van der Waals surface area (Å²) in [5, 5.41) is 3.56. The molecule has 3 nitrogen and oxygen atoms in total. The van der Waals surface area contributed by atoms with Crippen LogP contribution in [0.4, 0.5) is 0 Å². The smallest absolute Gasteiger partial charge is 0.168 e. The molecule has 0 fully saturated rings. The highest BCUT2D eigenvalue weighted by Gasteiger charge is 2.31. The van der Waals surface area contributed by atoms with Crippen LogP contribution in [-0.4, -0.2) is 18.6 Å². The molecule has 0 aromatic heterocycles. The normalized spacial score (nSPS) is 22.7. The molecule has 1 aliphatic rings. The molecule has 0 atom stereocenters. The molecule has 0 aromatic rings. The predicted octanol–water partition coefficient (Wildman–Crippen LogP) is 0.598. The molecule has 0 radical (unpaired) electrons. The number of hydrogen-bond acceptors (Lipinski definition) is 3. The SMILES string of the molecule is CC1(C)CON=C1C=O. The van der Waals surface area contributed by atoms with E-state index in [0.29, 0.717) is 12.3 Å². The molecule has 1 aliphatic heterocycles. The Morgan fingerprint density at radius 2 is 2.44 bits per heavy atom. The van der Waals surface area contributed by atoms with Crippen LogP contribution in [0.2, 0.25) is 0 Å². The Morgan fingerprint density at radius 1 is 1.78 bits per heavy atom. The zero-order valence-corrected chi connectivity index (χ0v) is 5.55. The fourth-order valence-electron chi connectivity index (χ4n) is 0.642. The number of rotatable bonds is 1. The third-order valence-electron chi connectivity index (χ3n) is 1.39. The van der Waals surface area contributed by atoms with Gasteiger partial charge in [-0.3, -0.25) is 4.79 Å². The number of carbonyl (C=O) groups is 1. The number of hydrogen-bond donors (Lipinski definition) is 0. The quantitative estimate of drug-likeness (QED) is 0.484. The van der Waals surface area contributed by atoms with Gasteiger partial charge in [-0.2, -0.15) is 0 Å². The summed E-state index contributed by atoms with van der Waals surface area (Å²) in [6, 6.07) is 0. The maximum Gasteiger partial charge on any atom is 0.168 e. The van der Waals surface area contributed by atoms with Crippen LogP contribution in [0.15, 0.2) is 5.16 Å². The lowest BCUT2D eigenvalue weighted by atomic mass is 9.90. The molecule has 50 valence electrons. The standard InChI is InChI=1S/C6H9NO2/c1-6(2)4-9-7-5(6)3-8/h3H,4H2,1-2H3. The first-order valence-corrected chi connectivity index (χ1v) is 2.82. The van der Waals surface area contributed by atoms with Gasteiger partial charge in [-0.25, -0.2) is 0 Å². The predicted molar refractivity (Wildman–Crippen MR) is 33.2 cm³/mol. The highest BCUT2D eigenvalue weighted by Crippen LogP contribution is 2.22. The average Bonchev–Trinajstić information content (AvgIpc) is 2.08. The topological polar surface area (TPSA) is 38.7 Å². The summed E-state index contributed by atoms with van der Waals surface area (Å²) in [6.07, 6.45) is 0.743. The van der Waals surface area contributed by atoms with Gasteiger partial charge in [0.15, 0.2) is 6.29 Å². The van der Waals surface area contributed by atoms with E-state index in [2.05, 4.69) is 5.16 Å². The van der Waals surface area contributed by atoms with Gasteiger partial charge < -0.3 is 4.84 Å². The molecule has 1 heterocycles. The van der Waals surface area contributed by atoms with E-state index in [1.54, 1.807) is 0 Å². The fourth-order valence-corrected chi connectivity index (χ4v) is 0.642. The van der Waals surface area contributed by atoms with Gasteiger partial charge in [0.05, 0.1) is 5.41 Å². The summed E-state index contributed by atoms with van der Waals surface area (Å²) in [5.74, 6) is 0. The van der Waals surface area contributed by atoms with Crippen molar-refractivity contribution in [2.75, 3.05) is 6.61 Å². The molecule has 0 aromatic carbocycles. The van der Waals surface area contributed by atoms with Gasteiger partial charge >= 0.3 is 0 Å². The summed E-state index contributed by atoms with van der Waals surface area (Å²) < 4.78 is 0. The number of oxime groups is 1. The van der Waals surface area contributed by atoms with Gasteiger partial charge in [0, 0.05) is 0 Å². The van der Waals surface area contributed by atoms with Crippen molar-refractivity contribution in [2.45, 2.75) is 13.8 Å². The van der Waals surface area contributed by atoms with E-state index in [-0.39, 0.29) is 5.41 Å². The minimum Gasteiger partial charge on any atom is -0.394 e. The van der Waals surface area contributed by atoms with E-state index >= 15 is 0 Å². The van der Waals surface area contributed by atoms with Crippen LogP contribution in [0.1, 0.15) is 13.8 Å². The van der Waals surface area contributed by atoms with Crippen molar-refractivity contribution in [3.63, 3.8) is 0 Å². The van der Waals surface area contributed by atoms with E-state index in [1.165, 1.54) is 0 Å². The number of nitrogens with zero attached hydrogens (tertiary/aromatic N) is 1. The molecule has 0 unspecified atom stereocenters. The Morgan fingerprint density at radius 3 is 2.67 bits per heavy atom. The Balaban J connectivity index is 2.80. The Labute approximate surface area is 53.7 Å². The van der Waals surface area contributed by atoms with Crippen molar-refractivity contribution in [3.8, 4) is 0 Å². The first kappa shape index (κ1) is 6.26. The Hall–Kier alpha value is -0.860. The second-order valence-electron chi connectivity index (χ2n) is 2.75. The van der Waals surface area contributed by atoms with Crippen molar-refractivity contribution in [2.24, 2.45) is 10.6 Å². The second kappa shape index (κ2) is 1.83. The van der Waals surface area contributed by atoms with Gasteiger partial charge in [0.1, 0.15) is 12.3 Å². The number of aldehydes is 1. The van der Waals surface area contributed by atoms with Gasteiger partial charge in [0.25, 0.3) is 0 Å². The summed E-state index contributed by atoms with van der Waals surface area (Å²) in [6.45, 7) is 4.36. The first-order valence-electron chi connectivity index (χ1n) is 2.82. The van der Waals surface area contributed by atoms with E-state index in [1.807, 2.05) is 13.8 Å². The summed E-state index contributed by atoms with van der Waals surface area (Å²) >= 11 is 0. The lowest BCUT2D eigenvalue weighted by Crippen LogP contribution is -2.24. The molecule has 9 heavy (non-hydrogen) atoms. The van der Waals surface area contributed by atoms with Gasteiger partial charge in [0.2, 0.25) is 0 Å². The second-order valence-corrected chi connectivity index (χ2v) is 2.75. The highest BCUT2D eigenvalue weighted by molar-refractivity contribution is 6.30. The lowest BCUT2D eigenvalue weighted by molar-refractivity contribution is -0.103. The largest absolute Gasteiger partial charge is 0.394 e. The maximum absolute atomic E-state index is 10.2. The van der Waals surface area contributed by atoms with Gasteiger partial charge in [-0.1, -0.05) is 19.0 Å². The molecule has 3 heteroatoms. The van der Waals surface area contributed by atoms with E-state index in [4.69, 9.17) is 4.84 Å². The van der Waals surface area contributed by atoms with Crippen LogP contribution in [0.25, 0.3) is 0 Å². The van der Waals surface area contributed by atoms with Crippen LogP contribution in [-0.2, 0) is 9.63 Å². The van der Waals surface area contributed by atoms with Crippen molar-refractivity contribution < 1.29 is 9.63 Å². The zero-order valence-electron chi connectivity index (χ0n) is 5.55. The molecule has 0 amide bonds. The van der Waals surface area contributed by atoms with Gasteiger partial charge in [-0.15, -0.1) is 0 Å². The van der Waals surface area contributed by atoms with Crippen LogP contribution >= 0.6 is 0 Å². The molecule has 0 saturated heterocycles. The van der Waals surface area contributed by atoms with Crippen molar-refractivity contribution in [1.82, 2.24) is 0 Å². The van der Waals surface area contributed by atoms with E-state index < -0.39 is 0 Å². The number of carbonyl (C=O) groups excluding carboxylic acids is 1. The minimum absolute atomic E-state index is 0.179. The highest BCUT2D eigenvalue weighted by atomic mass is 16.6. The van der Waals surface area contributed by atoms with E-state index in [9.17, 15) is 4.79 Å². The molecule has 1 rings (SSSR count). The van der Waals surface area contributed by atoms with Gasteiger partial charge in [-0.05, 0) is 0 Å². The minimum atomic E-state index is -0.179. The summed E-state index contributed by atoms with van der Waals surface area (Å²) in [7, 11) is 0. The summed E-state index contributed by atoms with van der Waals surface area (Å²) in [4.78, 5) is 14.9. The third kappa shape index (κ3) is 0.943. The maximum atomic E-state index is 10.2. The molecular formula is C6H9NO2. The lowest BCUT2D eigenvalue weighted by Gasteiger charge is -2.11. The molecule has 0 spiro atoms. The molecule has 0 aliphatic carbocycles. The molecule has 0 bridgehead atoms. The molecular weight excluding hydrogens is 118 g/mol. The zero-order chi connectivity index (χ0) is 6.91. The van der Waals surface area contributed by atoms with Crippen LogP contribution in [0, 0.1) is 5.41 Å². The van der Waals surface area contributed by atoms with Crippen molar-refractivity contribution in [1.29, 1.82) is 0 Å². The third-order valence-corrected chi connectivity index (χ3v) is 1.39. The van der Waals surface area contributed by atoms with Crippen molar-refractivity contribution >= 4 is 12.0 Å². The Kier molecular flexibility index (Phi) is 1.27. The first-order chi connectivity index (χ1) is 4.17. The molecule has 0 saturated carbocycles.